The van der Waals surface area contributed by atoms with Crippen molar-refractivity contribution >= 4 is 27.5 Å². The Morgan fingerprint density at radius 3 is 2.74 bits per heavy atom. The Bertz CT molecular complexity index is 827. The average molecular weight is 374 g/mol. The second-order valence-corrected chi connectivity index (χ2v) is 6.06. The van der Waals surface area contributed by atoms with E-state index in [0.29, 0.717) is 6.54 Å². The number of ether oxygens (including phenoxy) is 1. The summed E-state index contributed by atoms with van der Waals surface area (Å²) in [5.41, 5.74) is 2.60. The Hall–Kier alpha value is -2.34. The third-order valence-corrected chi connectivity index (χ3v) is 3.92. The molecule has 0 aliphatic rings. The molecule has 0 radical (unpaired) electrons. The molecule has 0 spiro atoms. The van der Waals surface area contributed by atoms with Crippen LogP contribution >= 0.6 is 15.9 Å². The number of hydrogen-bond acceptors (Lipinski definition) is 3. The van der Waals surface area contributed by atoms with Crippen LogP contribution in [0.15, 0.2) is 53.3 Å². The highest BCUT2D eigenvalue weighted by molar-refractivity contribution is 9.10. The fourth-order valence-electron chi connectivity index (χ4n) is 2.27. The van der Waals surface area contributed by atoms with Crippen LogP contribution < -0.4 is 10.1 Å². The lowest BCUT2D eigenvalue weighted by Crippen LogP contribution is -2.24. The molecule has 0 saturated heterocycles. The van der Waals surface area contributed by atoms with Gasteiger partial charge in [0.15, 0.2) is 0 Å². The molecular formula is C17H16BrN3O2. The van der Waals surface area contributed by atoms with Gasteiger partial charge in [0.25, 0.3) is 0 Å². The maximum Gasteiger partial charge on any atom is 0.226 e. The van der Waals surface area contributed by atoms with E-state index < -0.39 is 0 Å². The van der Waals surface area contributed by atoms with Crippen LogP contribution in [0.5, 0.6) is 5.75 Å². The van der Waals surface area contributed by atoms with Gasteiger partial charge in [-0.25, -0.2) is 4.98 Å². The molecule has 0 aliphatic heterocycles. The van der Waals surface area contributed by atoms with Gasteiger partial charge in [0, 0.05) is 23.4 Å². The third-order valence-electron chi connectivity index (χ3n) is 3.46. The summed E-state index contributed by atoms with van der Waals surface area (Å²) in [6.45, 7) is 0.488. The molecule has 1 N–H and O–H groups in total. The van der Waals surface area contributed by atoms with Crippen LogP contribution in [0, 0.1) is 0 Å². The smallest absolute Gasteiger partial charge is 0.226 e. The number of methoxy groups -OCH3 is 1. The number of benzene rings is 1. The SMILES string of the molecule is COc1ccc(CNC(=O)Cc2cn3cc(Br)ccc3n2)cc1. The number of nitrogens with zero attached hydrogens (tertiary/aromatic N) is 2. The summed E-state index contributed by atoms with van der Waals surface area (Å²) in [6, 6.07) is 11.4. The summed E-state index contributed by atoms with van der Waals surface area (Å²) in [5.74, 6) is 0.749. The standard InChI is InChI=1S/C17H16BrN3O2/c1-23-15-5-2-12(3-6-15)9-19-17(22)8-14-11-21-10-13(18)4-7-16(21)20-14/h2-7,10-11H,8-9H2,1H3,(H,19,22). The molecule has 2 heterocycles. The van der Waals surface area contributed by atoms with Crippen molar-refractivity contribution in [2.75, 3.05) is 7.11 Å². The van der Waals surface area contributed by atoms with E-state index >= 15 is 0 Å². The van der Waals surface area contributed by atoms with Gasteiger partial charge in [0.05, 0.1) is 19.2 Å². The van der Waals surface area contributed by atoms with Crippen molar-refractivity contribution in [2.24, 2.45) is 0 Å². The van der Waals surface area contributed by atoms with E-state index in [0.717, 1.165) is 27.1 Å². The largest absolute Gasteiger partial charge is 0.497 e. The highest BCUT2D eigenvalue weighted by atomic mass is 79.9. The van der Waals surface area contributed by atoms with E-state index in [9.17, 15) is 4.79 Å². The van der Waals surface area contributed by atoms with Gasteiger partial charge >= 0.3 is 0 Å². The molecule has 0 fully saturated rings. The number of carbonyl (C=O) groups excluding carboxylic acids is 1. The Labute approximate surface area is 142 Å². The van der Waals surface area contributed by atoms with Gasteiger partial charge in [-0.15, -0.1) is 0 Å². The van der Waals surface area contributed by atoms with Gasteiger partial charge in [-0.2, -0.15) is 0 Å². The van der Waals surface area contributed by atoms with Gasteiger partial charge in [0.2, 0.25) is 5.91 Å². The number of imidazole rings is 1. The van der Waals surface area contributed by atoms with Crippen molar-refractivity contribution in [2.45, 2.75) is 13.0 Å². The summed E-state index contributed by atoms with van der Waals surface area (Å²) in [6.07, 6.45) is 4.05. The highest BCUT2D eigenvalue weighted by Gasteiger charge is 2.08. The summed E-state index contributed by atoms with van der Waals surface area (Å²) >= 11 is 3.42. The Balaban J connectivity index is 1.59. The van der Waals surface area contributed by atoms with E-state index in [2.05, 4.69) is 26.2 Å². The van der Waals surface area contributed by atoms with E-state index in [4.69, 9.17) is 4.74 Å². The topological polar surface area (TPSA) is 55.6 Å². The van der Waals surface area contributed by atoms with Crippen LogP contribution in [0.1, 0.15) is 11.3 Å². The number of fused-ring (bicyclic) bond motifs is 1. The van der Waals surface area contributed by atoms with Crippen molar-refractivity contribution in [3.05, 3.63) is 64.5 Å². The Morgan fingerprint density at radius 1 is 1.22 bits per heavy atom. The monoisotopic (exact) mass is 373 g/mol. The molecule has 6 heteroatoms. The molecule has 23 heavy (non-hydrogen) atoms. The number of carbonyl (C=O) groups is 1. The second-order valence-electron chi connectivity index (χ2n) is 5.15. The van der Waals surface area contributed by atoms with E-state index in [1.54, 1.807) is 7.11 Å². The molecule has 1 amide bonds. The molecule has 0 bridgehead atoms. The molecule has 5 nitrogen and oxygen atoms in total. The summed E-state index contributed by atoms with van der Waals surface area (Å²) < 4.78 is 7.98. The summed E-state index contributed by atoms with van der Waals surface area (Å²) in [7, 11) is 1.63. The van der Waals surface area contributed by atoms with Crippen LogP contribution in [0.3, 0.4) is 0 Å². The first-order chi connectivity index (χ1) is 11.1. The van der Waals surface area contributed by atoms with E-state index in [1.807, 2.05) is 53.2 Å². The highest BCUT2D eigenvalue weighted by Crippen LogP contribution is 2.13. The molecule has 3 rings (SSSR count). The van der Waals surface area contributed by atoms with Gasteiger partial charge in [0.1, 0.15) is 11.4 Å². The Morgan fingerprint density at radius 2 is 2.00 bits per heavy atom. The minimum atomic E-state index is -0.0525. The van der Waals surface area contributed by atoms with Crippen LogP contribution in [0.2, 0.25) is 0 Å². The molecule has 0 aliphatic carbocycles. The van der Waals surface area contributed by atoms with Gasteiger partial charge < -0.3 is 14.5 Å². The zero-order chi connectivity index (χ0) is 16.2. The zero-order valence-electron chi connectivity index (χ0n) is 12.6. The molecule has 0 saturated carbocycles. The molecule has 1 aromatic carbocycles. The first-order valence-electron chi connectivity index (χ1n) is 7.17. The van der Waals surface area contributed by atoms with Crippen LogP contribution in [-0.4, -0.2) is 22.4 Å². The van der Waals surface area contributed by atoms with Gasteiger partial charge in [-0.1, -0.05) is 12.1 Å². The van der Waals surface area contributed by atoms with Crippen molar-refractivity contribution in [1.29, 1.82) is 0 Å². The third kappa shape index (κ3) is 3.90. The molecule has 0 unspecified atom stereocenters. The number of aromatic nitrogens is 2. The lowest BCUT2D eigenvalue weighted by Gasteiger charge is -2.05. The number of rotatable bonds is 5. The molecule has 0 atom stereocenters. The minimum Gasteiger partial charge on any atom is -0.497 e. The average Bonchev–Trinajstić information content (AvgIpc) is 2.94. The molecular weight excluding hydrogens is 358 g/mol. The lowest BCUT2D eigenvalue weighted by molar-refractivity contribution is -0.120. The number of nitrogens with one attached hydrogen (secondary N) is 1. The molecule has 118 valence electrons. The van der Waals surface area contributed by atoms with Crippen molar-refractivity contribution in [1.82, 2.24) is 14.7 Å². The first-order valence-corrected chi connectivity index (χ1v) is 7.96. The summed E-state index contributed by atoms with van der Waals surface area (Å²) in [5, 5.41) is 2.90. The van der Waals surface area contributed by atoms with Crippen molar-refractivity contribution in [3.63, 3.8) is 0 Å². The number of hydrogen-bond donors (Lipinski definition) is 1. The van der Waals surface area contributed by atoms with Gasteiger partial charge in [-0.05, 0) is 45.8 Å². The van der Waals surface area contributed by atoms with Crippen LogP contribution in [0.4, 0.5) is 0 Å². The zero-order valence-corrected chi connectivity index (χ0v) is 14.2. The van der Waals surface area contributed by atoms with E-state index in [-0.39, 0.29) is 12.3 Å². The molecule has 2 aromatic heterocycles. The second kappa shape index (κ2) is 6.83. The lowest BCUT2D eigenvalue weighted by atomic mass is 10.2. The van der Waals surface area contributed by atoms with Crippen molar-refractivity contribution in [3.8, 4) is 5.75 Å². The first kappa shape index (κ1) is 15.6. The molecule has 3 aromatic rings. The predicted octanol–water partition coefficient (Wildman–Crippen LogP) is 2.96. The Kier molecular flexibility index (Phi) is 4.62. The maximum atomic E-state index is 12.1. The maximum absolute atomic E-state index is 12.1. The summed E-state index contributed by atoms with van der Waals surface area (Å²) in [4.78, 5) is 16.5. The van der Waals surface area contributed by atoms with Crippen LogP contribution in [-0.2, 0) is 17.8 Å². The van der Waals surface area contributed by atoms with Crippen LogP contribution in [0.25, 0.3) is 5.65 Å². The quantitative estimate of drug-likeness (QED) is 0.747. The van der Waals surface area contributed by atoms with Gasteiger partial charge in [-0.3, -0.25) is 4.79 Å². The van der Waals surface area contributed by atoms with E-state index in [1.165, 1.54) is 0 Å². The van der Waals surface area contributed by atoms with Crippen molar-refractivity contribution < 1.29 is 9.53 Å². The number of amides is 1. The fourth-order valence-corrected chi connectivity index (χ4v) is 2.63. The number of halogens is 1. The number of pyridine rings is 1. The fraction of sp³-hybridized carbons (Fsp3) is 0.176. The normalized spacial score (nSPS) is 10.7. The minimum absolute atomic E-state index is 0.0525. The predicted molar refractivity (Wildman–Crippen MR) is 91.4 cm³/mol.